The molecule has 3 heterocycles. The SMILES string of the molecule is CC1(C)OC2(C)C(O)CC1CC2O.O=C1Nc2ccccc2C1(c1ccc(O)cc1)c1ccc(O)cc1. The van der Waals surface area contributed by atoms with E-state index in [1.807, 2.05) is 38.1 Å². The Hall–Kier alpha value is -3.39. The normalized spacial score (nSPS) is 28.6. The van der Waals surface area contributed by atoms with Gasteiger partial charge in [0.1, 0.15) is 22.5 Å². The molecule has 2 atom stereocenters. The highest BCUT2D eigenvalue weighted by Gasteiger charge is 2.58. The molecule has 5 N–H and O–H groups in total. The van der Waals surface area contributed by atoms with Crippen LogP contribution in [0.1, 0.15) is 50.3 Å². The van der Waals surface area contributed by atoms with Gasteiger partial charge in [-0.05, 0) is 81.0 Å². The molecule has 1 amide bonds. The highest BCUT2D eigenvalue weighted by atomic mass is 16.6. The Labute approximate surface area is 216 Å². The molecule has 2 unspecified atom stereocenters. The van der Waals surface area contributed by atoms with E-state index in [2.05, 4.69) is 5.32 Å². The quantitative estimate of drug-likeness (QED) is 0.360. The van der Waals surface area contributed by atoms with E-state index in [4.69, 9.17) is 4.74 Å². The Balaban J connectivity index is 0.000000182. The van der Waals surface area contributed by atoms with Gasteiger partial charge in [-0.2, -0.15) is 0 Å². The predicted molar refractivity (Wildman–Crippen MR) is 139 cm³/mol. The van der Waals surface area contributed by atoms with Crippen LogP contribution in [0, 0.1) is 5.92 Å². The van der Waals surface area contributed by atoms with Crippen LogP contribution in [-0.4, -0.2) is 49.7 Å². The lowest BCUT2D eigenvalue weighted by Crippen LogP contribution is -2.67. The van der Waals surface area contributed by atoms with Gasteiger partial charge in [-0.15, -0.1) is 0 Å². The second-order valence-electron chi connectivity index (χ2n) is 10.9. The van der Waals surface area contributed by atoms with Gasteiger partial charge in [0.2, 0.25) is 5.91 Å². The fraction of sp³-hybridized carbons (Fsp3) is 0.367. The first-order valence-electron chi connectivity index (χ1n) is 12.5. The molecule has 7 rings (SSSR count). The number of phenolic OH excluding ortho intramolecular Hbond substituents is 2. The van der Waals surface area contributed by atoms with E-state index < -0.39 is 23.2 Å². The van der Waals surface area contributed by atoms with Crippen LogP contribution < -0.4 is 5.32 Å². The molecule has 194 valence electrons. The zero-order valence-electron chi connectivity index (χ0n) is 21.2. The topological polar surface area (TPSA) is 119 Å². The molecule has 4 aliphatic rings. The summed E-state index contributed by atoms with van der Waals surface area (Å²) >= 11 is 0. The first kappa shape index (κ1) is 25.3. The molecule has 1 saturated carbocycles. The maximum absolute atomic E-state index is 13.1. The highest BCUT2D eigenvalue weighted by Crippen LogP contribution is 2.50. The number of benzene rings is 3. The largest absolute Gasteiger partial charge is 0.508 e. The molecule has 1 aliphatic carbocycles. The first-order chi connectivity index (χ1) is 17.5. The van der Waals surface area contributed by atoms with E-state index in [0.29, 0.717) is 0 Å². The molecule has 7 nitrogen and oxygen atoms in total. The van der Waals surface area contributed by atoms with Crippen molar-refractivity contribution in [2.24, 2.45) is 5.92 Å². The van der Waals surface area contributed by atoms with Gasteiger partial charge in [-0.3, -0.25) is 4.79 Å². The zero-order valence-corrected chi connectivity index (χ0v) is 21.2. The molecule has 37 heavy (non-hydrogen) atoms. The summed E-state index contributed by atoms with van der Waals surface area (Å²) in [5.74, 6) is 0.414. The van der Waals surface area contributed by atoms with E-state index >= 15 is 0 Å². The van der Waals surface area contributed by atoms with Crippen molar-refractivity contribution in [1.29, 1.82) is 0 Å². The third-order valence-corrected chi connectivity index (χ3v) is 8.33. The highest BCUT2D eigenvalue weighted by molar-refractivity contribution is 6.11. The third-order valence-electron chi connectivity index (χ3n) is 8.33. The number of carbonyl (C=O) groups is 1. The summed E-state index contributed by atoms with van der Waals surface area (Å²) in [4.78, 5) is 13.1. The van der Waals surface area contributed by atoms with Crippen LogP contribution in [0.4, 0.5) is 5.69 Å². The Morgan fingerprint density at radius 2 is 1.27 bits per heavy atom. The number of aliphatic hydroxyl groups is 2. The average molecular weight is 504 g/mol. The van der Waals surface area contributed by atoms with Crippen molar-refractivity contribution in [2.45, 2.75) is 62.4 Å². The molecular formula is C30H33NO6. The lowest BCUT2D eigenvalue weighted by Gasteiger charge is -2.58. The molecule has 7 heteroatoms. The number of hydrogen-bond acceptors (Lipinski definition) is 6. The molecule has 3 fully saturated rings. The van der Waals surface area contributed by atoms with Crippen LogP contribution in [0.2, 0.25) is 0 Å². The van der Waals surface area contributed by atoms with Gasteiger partial charge in [0, 0.05) is 11.3 Å². The number of amides is 1. The van der Waals surface area contributed by atoms with Gasteiger partial charge >= 0.3 is 0 Å². The molecule has 0 spiro atoms. The molecule has 0 radical (unpaired) electrons. The minimum absolute atomic E-state index is 0.145. The Morgan fingerprint density at radius 3 is 1.76 bits per heavy atom. The number of hydrogen-bond donors (Lipinski definition) is 5. The molecule has 2 bridgehead atoms. The minimum atomic E-state index is -1.02. The molecular weight excluding hydrogens is 470 g/mol. The Morgan fingerprint density at radius 1 is 0.784 bits per heavy atom. The van der Waals surface area contributed by atoms with E-state index in [0.717, 1.165) is 35.2 Å². The smallest absolute Gasteiger partial charge is 0.244 e. The van der Waals surface area contributed by atoms with E-state index in [1.165, 1.54) is 0 Å². The first-order valence-corrected chi connectivity index (χ1v) is 12.5. The second kappa shape index (κ2) is 8.87. The number of aliphatic hydroxyl groups excluding tert-OH is 2. The number of phenols is 2. The van der Waals surface area contributed by atoms with Gasteiger partial charge in [-0.25, -0.2) is 0 Å². The fourth-order valence-corrected chi connectivity index (χ4v) is 6.10. The Bertz CT molecular complexity index is 1240. The van der Waals surface area contributed by atoms with Gasteiger partial charge in [0.15, 0.2) is 0 Å². The molecule has 0 aromatic heterocycles. The maximum Gasteiger partial charge on any atom is 0.244 e. The van der Waals surface area contributed by atoms with E-state index in [1.54, 1.807) is 55.5 Å². The van der Waals surface area contributed by atoms with Crippen molar-refractivity contribution < 1.29 is 30.0 Å². The van der Waals surface area contributed by atoms with E-state index in [-0.39, 0.29) is 28.9 Å². The summed E-state index contributed by atoms with van der Waals surface area (Å²) < 4.78 is 5.78. The average Bonchev–Trinajstić information content (AvgIpc) is 3.15. The number of fused-ring (bicyclic) bond motifs is 4. The monoisotopic (exact) mass is 503 g/mol. The van der Waals surface area contributed by atoms with Gasteiger partial charge in [0.05, 0.1) is 17.8 Å². The lowest BCUT2D eigenvalue weighted by atomic mass is 9.66. The molecule has 2 saturated heterocycles. The molecule has 3 aromatic carbocycles. The predicted octanol–water partition coefficient (Wildman–Crippen LogP) is 4.07. The van der Waals surface area contributed by atoms with Crippen molar-refractivity contribution in [3.05, 3.63) is 89.5 Å². The standard InChI is InChI=1S/C20H15NO3.C10H18O3/c22-15-9-5-13(6-10-15)20(14-7-11-16(23)12-8-14)17-3-1-2-4-18(17)21-19(20)24;1-9(2)6-4-7(11)10(3,13-9)8(12)5-6/h1-12,22-23H,(H,21,24);6-8,11-12H,4-5H2,1-3H3. The van der Waals surface area contributed by atoms with Crippen molar-refractivity contribution in [2.75, 3.05) is 5.32 Å². The van der Waals surface area contributed by atoms with E-state index in [9.17, 15) is 25.2 Å². The summed E-state index contributed by atoms with van der Waals surface area (Å²) in [7, 11) is 0. The number of nitrogens with one attached hydrogen (secondary N) is 1. The van der Waals surface area contributed by atoms with Crippen molar-refractivity contribution in [1.82, 2.24) is 0 Å². The van der Waals surface area contributed by atoms with Gasteiger partial charge in [0.25, 0.3) is 0 Å². The number of rotatable bonds is 2. The summed E-state index contributed by atoms with van der Waals surface area (Å²) in [6.45, 7) is 5.88. The maximum atomic E-state index is 13.1. The number of anilines is 1. The van der Waals surface area contributed by atoms with Crippen molar-refractivity contribution >= 4 is 11.6 Å². The van der Waals surface area contributed by atoms with Gasteiger partial charge < -0.3 is 30.5 Å². The summed E-state index contributed by atoms with van der Waals surface area (Å²) in [5.41, 5.74) is 1.17. The van der Waals surface area contributed by atoms with Crippen LogP contribution in [0.3, 0.4) is 0 Å². The number of ether oxygens (including phenoxy) is 1. The number of aromatic hydroxyl groups is 2. The van der Waals surface area contributed by atoms with Crippen LogP contribution in [0.15, 0.2) is 72.8 Å². The summed E-state index contributed by atoms with van der Waals surface area (Å²) in [5, 5.41) is 41.7. The zero-order chi connectivity index (χ0) is 26.6. The third kappa shape index (κ3) is 3.98. The van der Waals surface area contributed by atoms with Crippen LogP contribution >= 0.6 is 0 Å². The Kier molecular flexibility index (Phi) is 6.06. The van der Waals surface area contributed by atoms with Gasteiger partial charge in [-0.1, -0.05) is 42.5 Å². The lowest BCUT2D eigenvalue weighted by molar-refractivity contribution is -0.311. The number of para-hydroxylation sites is 1. The molecule has 3 aliphatic heterocycles. The summed E-state index contributed by atoms with van der Waals surface area (Å²) in [6.07, 6.45) is 0.463. The van der Waals surface area contributed by atoms with Crippen molar-refractivity contribution in [3.63, 3.8) is 0 Å². The minimum Gasteiger partial charge on any atom is -0.508 e. The fourth-order valence-electron chi connectivity index (χ4n) is 6.10. The van der Waals surface area contributed by atoms with Crippen molar-refractivity contribution in [3.8, 4) is 11.5 Å². The summed E-state index contributed by atoms with van der Waals surface area (Å²) in [6, 6.07) is 20.9. The second-order valence-corrected chi connectivity index (χ2v) is 10.9. The van der Waals surface area contributed by atoms with Crippen LogP contribution in [0.5, 0.6) is 11.5 Å². The molecule has 3 aromatic rings. The van der Waals surface area contributed by atoms with Crippen LogP contribution in [0.25, 0.3) is 0 Å². The van der Waals surface area contributed by atoms with Crippen LogP contribution in [-0.2, 0) is 14.9 Å². The number of carbonyl (C=O) groups excluding carboxylic acids is 1.